The molecule has 0 saturated carbocycles. The maximum absolute atomic E-state index is 5.77. The fourth-order valence-electron chi connectivity index (χ4n) is 1.32. The van der Waals surface area contributed by atoms with Crippen LogP contribution in [0.4, 0.5) is 0 Å². The fourth-order valence-corrected chi connectivity index (χ4v) is 1.73. The van der Waals surface area contributed by atoms with Crippen molar-refractivity contribution in [3.8, 4) is 5.75 Å². The zero-order chi connectivity index (χ0) is 11.3. The molecule has 0 aliphatic heterocycles. The highest BCUT2D eigenvalue weighted by Crippen LogP contribution is 2.24. The zero-order valence-corrected chi connectivity index (χ0v) is 10.6. The summed E-state index contributed by atoms with van der Waals surface area (Å²) in [6, 6.07) is 5.99. The number of rotatable bonds is 5. The molecule has 4 heteroatoms. The van der Waals surface area contributed by atoms with Crippen molar-refractivity contribution in [3.05, 3.63) is 28.2 Å². The van der Waals surface area contributed by atoms with E-state index in [9.17, 15) is 0 Å². The Labute approximate surface area is 98.7 Å². The molecule has 0 heterocycles. The van der Waals surface area contributed by atoms with Crippen molar-refractivity contribution in [2.45, 2.75) is 19.4 Å². The minimum absolute atomic E-state index is 0.115. The van der Waals surface area contributed by atoms with Crippen LogP contribution < -0.4 is 10.5 Å². The summed E-state index contributed by atoms with van der Waals surface area (Å²) >= 11 is 3.43. The van der Waals surface area contributed by atoms with Crippen molar-refractivity contribution >= 4 is 15.9 Å². The van der Waals surface area contributed by atoms with E-state index in [1.54, 1.807) is 7.11 Å². The van der Waals surface area contributed by atoms with Gasteiger partial charge in [0.05, 0.1) is 0 Å². The third-order valence-electron chi connectivity index (χ3n) is 1.90. The number of benzene rings is 1. The van der Waals surface area contributed by atoms with E-state index in [-0.39, 0.29) is 12.8 Å². The molecular weight excluding hydrogens is 258 g/mol. The van der Waals surface area contributed by atoms with E-state index in [4.69, 9.17) is 15.2 Å². The summed E-state index contributed by atoms with van der Waals surface area (Å²) in [6.07, 6.45) is 0.790. The molecule has 0 fully saturated rings. The highest BCUT2D eigenvalue weighted by molar-refractivity contribution is 9.10. The van der Waals surface area contributed by atoms with Crippen molar-refractivity contribution in [2.24, 2.45) is 5.73 Å². The molecule has 15 heavy (non-hydrogen) atoms. The second kappa shape index (κ2) is 6.10. The second-order valence-corrected chi connectivity index (χ2v) is 4.40. The van der Waals surface area contributed by atoms with Crippen LogP contribution in [-0.4, -0.2) is 19.9 Å². The van der Waals surface area contributed by atoms with E-state index in [1.807, 2.05) is 25.1 Å². The van der Waals surface area contributed by atoms with Crippen LogP contribution in [0.3, 0.4) is 0 Å². The monoisotopic (exact) mass is 273 g/mol. The first-order valence-corrected chi connectivity index (χ1v) is 5.58. The Morgan fingerprint density at radius 1 is 1.47 bits per heavy atom. The molecule has 0 aliphatic rings. The molecule has 2 N–H and O–H groups in total. The Bertz CT molecular complexity index is 315. The first-order chi connectivity index (χ1) is 7.13. The summed E-state index contributed by atoms with van der Waals surface area (Å²) in [4.78, 5) is 0. The number of halogens is 1. The van der Waals surface area contributed by atoms with Crippen LogP contribution in [0.5, 0.6) is 5.75 Å². The Balaban J connectivity index is 2.82. The van der Waals surface area contributed by atoms with Gasteiger partial charge in [-0.25, -0.2) is 0 Å². The van der Waals surface area contributed by atoms with Crippen LogP contribution in [-0.2, 0) is 11.2 Å². The molecule has 1 atom stereocenters. The van der Waals surface area contributed by atoms with Crippen LogP contribution in [0.25, 0.3) is 0 Å². The number of hydrogen-bond donors (Lipinski definition) is 1. The second-order valence-electron chi connectivity index (χ2n) is 3.48. The quantitative estimate of drug-likeness (QED) is 0.838. The molecule has 1 unspecified atom stereocenters. The third kappa shape index (κ3) is 4.20. The summed E-state index contributed by atoms with van der Waals surface area (Å²) in [6.45, 7) is 2.23. The minimum atomic E-state index is 0.115. The molecule has 0 aliphatic carbocycles. The number of hydrogen-bond acceptors (Lipinski definition) is 3. The minimum Gasteiger partial charge on any atom is -0.467 e. The van der Waals surface area contributed by atoms with Crippen molar-refractivity contribution in [3.63, 3.8) is 0 Å². The molecule has 0 radical (unpaired) electrons. The first-order valence-electron chi connectivity index (χ1n) is 4.79. The standard InChI is InChI=1S/C11H16BrNO2/c1-8(13)5-9-6-10(12)3-4-11(9)15-7-14-2/h3-4,6,8H,5,7,13H2,1-2H3. The van der Waals surface area contributed by atoms with Crippen LogP contribution in [0, 0.1) is 0 Å². The van der Waals surface area contributed by atoms with Gasteiger partial charge in [0.1, 0.15) is 5.75 Å². The maximum Gasteiger partial charge on any atom is 0.188 e. The van der Waals surface area contributed by atoms with E-state index >= 15 is 0 Å². The smallest absolute Gasteiger partial charge is 0.188 e. The van der Waals surface area contributed by atoms with Gasteiger partial charge >= 0.3 is 0 Å². The fraction of sp³-hybridized carbons (Fsp3) is 0.455. The molecule has 0 saturated heterocycles. The normalized spacial score (nSPS) is 12.5. The molecule has 1 rings (SSSR count). The predicted molar refractivity (Wildman–Crippen MR) is 64.0 cm³/mol. The van der Waals surface area contributed by atoms with E-state index in [0.29, 0.717) is 0 Å². The average Bonchev–Trinajstić information content (AvgIpc) is 2.16. The largest absolute Gasteiger partial charge is 0.467 e. The van der Waals surface area contributed by atoms with Crippen molar-refractivity contribution in [2.75, 3.05) is 13.9 Å². The summed E-state index contributed by atoms with van der Waals surface area (Å²) in [7, 11) is 1.60. The topological polar surface area (TPSA) is 44.5 Å². The average molecular weight is 274 g/mol. The van der Waals surface area contributed by atoms with Crippen LogP contribution in [0.1, 0.15) is 12.5 Å². The molecule has 0 spiro atoms. The Morgan fingerprint density at radius 3 is 2.80 bits per heavy atom. The molecule has 0 aromatic heterocycles. The predicted octanol–water partition coefficient (Wildman–Crippen LogP) is 2.32. The van der Waals surface area contributed by atoms with E-state index < -0.39 is 0 Å². The van der Waals surface area contributed by atoms with Gasteiger partial charge in [-0.15, -0.1) is 0 Å². The Hall–Kier alpha value is -0.580. The summed E-state index contributed by atoms with van der Waals surface area (Å²) < 4.78 is 11.3. The molecule has 0 amide bonds. The van der Waals surface area contributed by atoms with Gasteiger partial charge in [-0.3, -0.25) is 0 Å². The lowest BCUT2D eigenvalue weighted by molar-refractivity contribution is 0.0504. The highest BCUT2D eigenvalue weighted by atomic mass is 79.9. The Morgan fingerprint density at radius 2 is 2.20 bits per heavy atom. The van der Waals surface area contributed by atoms with Gasteiger partial charge in [0.25, 0.3) is 0 Å². The molecule has 1 aromatic rings. The van der Waals surface area contributed by atoms with Crippen LogP contribution in [0.2, 0.25) is 0 Å². The van der Waals surface area contributed by atoms with Gasteiger partial charge in [-0.05, 0) is 37.1 Å². The van der Waals surface area contributed by atoms with Crippen LogP contribution in [0.15, 0.2) is 22.7 Å². The lowest BCUT2D eigenvalue weighted by atomic mass is 10.1. The van der Waals surface area contributed by atoms with Crippen LogP contribution >= 0.6 is 15.9 Å². The first kappa shape index (κ1) is 12.5. The molecule has 3 nitrogen and oxygen atoms in total. The van der Waals surface area contributed by atoms with Gasteiger partial charge in [0, 0.05) is 17.6 Å². The SMILES string of the molecule is COCOc1ccc(Br)cc1CC(C)N. The van der Waals surface area contributed by atoms with Gasteiger partial charge < -0.3 is 15.2 Å². The maximum atomic E-state index is 5.77. The molecule has 1 aromatic carbocycles. The highest BCUT2D eigenvalue weighted by Gasteiger charge is 2.06. The lowest BCUT2D eigenvalue weighted by Gasteiger charge is -2.12. The van der Waals surface area contributed by atoms with Crippen molar-refractivity contribution < 1.29 is 9.47 Å². The third-order valence-corrected chi connectivity index (χ3v) is 2.39. The van der Waals surface area contributed by atoms with Gasteiger partial charge in [-0.2, -0.15) is 0 Å². The van der Waals surface area contributed by atoms with Crippen molar-refractivity contribution in [1.82, 2.24) is 0 Å². The number of methoxy groups -OCH3 is 1. The summed E-state index contributed by atoms with van der Waals surface area (Å²) in [5.41, 5.74) is 6.86. The summed E-state index contributed by atoms with van der Waals surface area (Å²) in [5, 5.41) is 0. The zero-order valence-electron chi connectivity index (χ0n) is 9.00. The van der Waals surface area contributed by atoms with E-state index in [1.165, 1.54) is 0 Å². The lowest BCUT2D eigenvalue weighted by Crippen LogP contribution is -2.18. The molecular formula is C11H16BrNO2. The van der Waals surface area contributed by atoms with E-state index in [0.717, 1.165) is 22.2 Å². The van der Waals surface area contributed by atoms with E-state index in [2.05, 4.69) is 15.9 Å². The summed E-state index contributed by atoms with van der Waals surface area (Å²) in [5.74, 6) is 0.831. The van der Waals surface area contributed by atoms with Gasteiger partial charge in [0.15, 0.2) is 6.79 Å². The van der Waals surface area contributed by atoms with Crippen molar-refractivity contribution in [1.29, 1.82) is 0 Å². The van der Waals surface area contributed by atoms with Gasteiger partial charge in [0.2, 0.25) is 0 Å². The molecule has 0 bridgehead atoms. The number of ether oxygens (including phenoxy) is 2. The molecule has 84 valence electrons. The Kier molecular flexibility index (Phi) is 5.08. The van der Waals surface area contributed by atoms with Gasteiger partial charge in [-0.1, -0.05) is 15.9 Å². The number of nitrogens with two attached hydrogens (primary N) is 1.